The number of likely N-dealkylation sites (tertiary alicyclic amines) is 1. The van der Waals surface area contributed by atoms with E-state index in [0.29, 0.717) is 13.1 Å². The van der Waals surface area contributed by atoms with E-state index in [1.807, 2.05) is 0 Å². The second-order valence-corrected chi connectivity index (χ2v) is 3.07. The Morgan fingerprint density at radius 1 is 1.08 bits per heavy atom. The van der Waals surface area contributed by atoms with Crippen LogP contribution < -0.4 is 0 Å². The van der Waals surface area contributed by atoms with E-state index in [2.05, 4.69) is 0 Å². The molecule has 1 aliphatic rings. The molecule has 0 spiro atoms. The molecule has 0 aliphatic carbocycles. The number of piperidine rings is 1. The summed E-state index contributed by atoms with van der Waals surface area (Å²) in [6.45, 7) is -3.35. The van der Waals surface area contributed by atoms with Crippen LogP contribution in [0.25, 0.3) is 0 Å². The van der Waals surface area contributed by atoms with E-state index in [4.69, 9.17) is 0 Å². The molecule has 12 heavy (non-hydrogen) atoms. The molecule has 1 aliphatic heterocycles. The molecule has 0 aromatic heterocycles. The van der Waals surface area contributed by atoms with E-state index in [-0.39, 0.29) is 52.8 Å². The molecule has 0 aromatic rings. The summed E-state index contributed by atoms with van der Waals surface area (Å²) in [5.41, 5.74) is 0. The maximum atomic E-state index is 11.9. The first-order valence-corrected chi connectivity index (χ1v) is 4.01. The van der Waals surface area contributed by atoms with Crippen molar-refractivity contribution in [1.82, 2.24) is 4.90 Å². The normalized spacial score (nSPS) is 20.2. The van der Waals surface area contributed by atoms with Crippen LogP contribution in [0.3, 0.4) is 0 Å². The molecule has 1 rings (SSSR count). The molecular weight excluding hydrogens is 193 g/mol. The van der Waals surface area contributed by atoms with E-state index in [1.165, 1.54) is 4.90 Å². The van der Waals surface area contributed by atoms with Crippen LogP contribution in [0, 0.1) is 0 Å². The van der Waals surface area contributed by atoms with Gasteiger partial charge in [0.1, 0.15) is 0 Å². The van der Waals surface area contributed by atoms with Crippen molar-refractivity contribution in [2.45, 2.75) is 19.3 Å². The fourth-order valence-corrected chi connectivity index (χ4v) is 1.43. The number of halogens is 3. The van der Waals surface area contributed by atoms with Gasteiger partial charge in [-0.25, -0.2) is 0 Å². The van der Waals surface area contributed by atoms with Crippen LogP contribution in [0.4, 0.5) is 12.9 Å². The van der Waals surface area contributed by atoms with Gasteiger partial charge in [0.25, 0.3) is 0 Å². The van der Waals surface area contributed by atoms with Crippen LogP contribution in [0.1, 0.15) is 20.7 Å². The molecule has 1 radical (unpaired) electrons. The molecule has 0 bridgehead atoms. The Hall–Kier alpha value is 1.45. The van der Waals surface area contributed by atoms with Crippen molar-refractivity contribution < 1.29 is 14.4 Å². The number of rotatable bonds is 2. The molecule has 0 N–H and O–H groups in total. The minimum Gasteiger partial charge on any atom is -0.448 e. The fourth-order valence-electron chi connectivity index (χ4n) is 1.43. The largest absolute Gasteiger partial charge is 1.00 e. The molecule has 0 saturated carbocycles. The maximum absolute atomic E-state index is 11.9. The Kier molecular flexibility index (Phi) is 6.76. The third-order valence-electron chi connectivity index (χ3n) is 1.91. The quantitative estimate of drug-likeness (QED) is 0.620. The molecule has 67 valence electrons. The first kappa shape index (κ1) is 13.5. The molecule has 0 unspecified atom stereocenters. The van der Waals surface area contributed by atoms with Crippen LogP contribution in [0.15, 0.2) is 0 Å². The summed E-state index contributed by atoms with van der Waals surface area (Å²) in [4.78, 5) is 1.50. The zero-order valence-electron chi connectivity index (χ0n) is 8.40. The summed E-state index contributed by atoms with van der Waals surface area (Å²) in [6, 6.07) is 0. The molecule has 1 saturated heterocycles. The van der Waals surface area contributed by atoms with Crippen molar-refractivity contribution in [2.24, 2.45) is 0 Å². The van der Waals surface area contributed by atoms with Crippen molar-refractivity contribution in [1.29, 1.82) is 0 Å². The summed E-state index contributed by atoms with van der Waals surface area (Å²) >= 11 is 0. The van der Waals surface area contributed by atoms with Gasteiger partial charge in [-0.3, -0.25) is 0 Å². The fraction of sp³-hybridized carbons (Fsp3) is 1.00. The predicted molar refractivity (Wildman–Crippen MR) is 46.2 cm³/mol. The second kappa shape index (κ2) is 6.03. The minimum absolute atomic E-state index is 0. The van der Waals surface area contributed by atoms with Gasteiger partial charge in [0.2, 0.25) is 0 Å². The Morgan fingerprint density at radius 2 is 1.58 bits per heavy atom. The molecule has 1 fully saturated rings. The minimum atomic E-state index is -4.60. The standard InChI is InChI=1S/C6H12BF3N.K/c8-7(9,10)6-11-4-2-1-3-5-11;/h1-6H2;/q-1;/p+1. The Bertz CT molecular complexity index is 130. The number of hydrogen-bond acceptors (Lipinski definition) is 1. The predicted octanol–water partition coefficient (Wildman–Crippen LogP) is 1.59. The van der Waals surface area contributed by atoms with Crippen molar-refractivity contribution in [3.63, 3.8) is 0 Å². The smallest absolute Gasteiger partial charge is 0.448 e. The summed E-state index contributed by atoms with van der Waals surface area (Å²) in [5.74, 6) is 0. The van der Waals surface area contributed by atoms with E-state index in [9.17, 15) is 12.9 Å². The van der Waals surface area contributed by atoms with Crippen LogP contribution >= 0.6 is 0 Å². The van der Waals surface area contributed by atoms with Gasteiger partial charge in [-0.05, 0) is 32.4 Å². The zero-order chi connectivity index (χ0) is 8.32. The van der Waals surface area contributed by atoms with Gasteiger partial charge in [-0.2, -0.15) is 0 Å². The van der Waals surface area contributed by atoms with Crippen LogP contribution in [0.5, 0.6) is 0 Å². The maximum Gasteiger partial charge on any atom is 1.00 e. The van der Waals surface area contributed by atoms with Crippen molar-refractivity contribution >= 4 is 58.4 Å². The summed E-state index contributed by atoms with van der Waals surface area (Å²) in [6.07, 6.45) is 2.26. The van der Waals surface area contributed by atoms with Crippen molar-refractivity contribution in [3.05, 3.63) is 0 Å². The van der Waals surface area contributed by atoms with E-state index in [1.54, 1.807) is 0 Å². The molecule has 1 nitrogen and oxygen atoms in total. The third-order valence-corrected chi connectivity index (χ3v) is 1.91. The van der Waals surface area contributed by atoms with Gasteiger partial charge in [0.15, 0.2) is 0 Å². The third kappa shape index (κ3) is 5.99. The first-order chi connectivity index (χ1) is 5.08. The molecule has 0 amide bonds. The first-order valence-electron chi connectivity index (χ1n) is 4.01. The van der Waals surface area contributed by atoms with E-state index >= 15 is 0 Å². The summed E-state index contributed by atoms with van der Waals surface area (Å²) in [7, 11) is 0. The molecular formula is C6H13BF3KN. The van der Waals surface area contributed by atoms with Gasteiger partial charge in [0, 0.05) is 51.4 Å². The molecule has 6 heteroatoms. The Balaban J connectivity index is 0. The SMILES string of the molecule is F[B-](F)(F)CN1CCCCC1.[H+].[K]. The van der Waals surface area contributed by atoms with E-state index in [0.717, 1.165) is 19.3 Å². The van der Waals surface area contributed by atoms with Crippen molar-refractivity contribution in [2.75, 3.05) is 19.5 Å². The zero-order valence-corrected chi connectivity index (χ0v) is 10.5. The molecule has 1 heterocycles. The Morgan fingerprint density at radius 3 is 2.00 bits per heavy atom. The monoisotopic (exact) mass is 206 g/mol. The Labute approximate surface area is 115 Å². The average molecular weight is 206 g/mol. The summed E-state index contributed by atoms with van der Waals surface area (Å²) < 4.78 is 35.6. The van der Waals surface area contributed by atoms with Crippen LogP contribution in [-0.2, 0) is 0 Å². The van der Waals surface area contributed by atoms with Gasteiger partial charge in [0.05, 0.1) is 0 Å². The second-order valence-electron chi connectivity index (χ2n) is 3.07. The van der Waals surface area contributed by atoms with Crippen molar-refractivity contribution in [3.8, 4) is 0 Å². The number of nitrogens with zero attached hydrogens (tertiary/aromatic N) is 1. The van der Waals surface area contributed by atoms with E-state index < -0.39 is 13.4 Å². The van der Waals surface area contributed by atoms with Crippen LogP contribution in [0.2, 0.25) is 0 Å². The molecule has 0 aromatic carbocycles. The summed E-state index contributed by atoms with van der Waals surface area (Å²) in [5, 5.41) is 0. The van der Waals surface area contributed by atoms with Gasteiger partial charge >= 0.3 is 8.40 Å². The van der Waals surface area contributed by atoms with Gasteiger partial charge in [-0.15, -0.1) is 0 Å². The molecule has 0 atom stereocenters. The topological polar surface area (TPSA) is 3.24 Å². The number of hydrogen-bond donors (Lipinski definition) is 0. The average Bonchev–Trinajstić information content (AvgIpc) is 1.85. The van der Waals surface area contributed by atoms with Crippen LogP contribution in [-0.4, -0.2) is 82.8 Å². The van der Waals surface area contributed by atoms with Gasteiger partial charge in [-0.1, -0.05) is 6.42 Å². The van der Waals surface area contributed by atoms with Gasteiger partial charge < -0.3 is 17.8 Å².